The molecule has 0 N–H and O–H groups in total. The zero-order valence-corrected chi connectivity index (χ0v) is 7.69. The molecule has 0 spiro atoms. The number of hydrogen-bond donors (Lipinski definition) is 0. The maximum atomic E-state index is 3.94. The van der Waals surface area contributed by atoms with Gasteiger partial charge in [-0.25, -0.2) is 0 Å². The van der Waals surface area contributed by atoms with Gasteiger partial charge in [0.2, 0.25) is 0 Å². The number of rotatable bonds is 0. The standard InChI is InChI=1S/C6H6N2S.C2H6/c1-2-4-6-5(3-1)7-8-9-6;1-2/h1,3H,2,4H2;1-2H3. The zero-order valence-electron chi connectivity index (χ0n) is 6.87. The molecular weight excluding hydrogens is 156 g/mol. The molecule has 1 aromatic rings. The molecule has 0 aliphatic heterocycles. The van der Waals surface area contributed by atoms with Crippen molar-refractivity contribution in [1.29, 1.82) is 0 Å². The Hall–Kier alpha value is -0.700. The molecule has 0 atom stereocenters. The van der Waals surface area contributed by atoms with Crippen molar-refractivity contribution in [2.75, 3.05) is 0 Å². The van der Waals surface area contributed by atoms with E-state index in [2.05, 4.69) is 15.7 Å². The second-order valence-corrected chi connectivity index (χ2v) is 2.86. The normalized spacial score (nSPS) is 13.3. The average molecular weight is 168 g/mol. The van der Waals surface area contributed by atoms with E-state index in [1.165, 1.54) is 16.4 Å². The summed E-state index contributed by atoms with van der Waals surface area (Å²) in [6.07, 6.45) is 6.46. The van der Waals surface area contributed by atoms with Crippen LogP contribution in [0.2, 0.25) is 0 Å². The lowest BCUT2D eigenvalue weighted by Crippen LogP contribution is -1.87. The molecule has 1 heterocycles. The minimum absolute atomic E-state index is 1.08. The lowest BCUT2D eigenvalue weighted by atomic mass is 10.1. The minimum atomic E-state index is 1.08. The summed E-state index contributed by atoms with van der Waals surface area (Å²) in [5.74, 6) is 0. The van der Waals surface area contributed by atoms with Crippen LogP contribution in [0.5, 0.6) is 0 Å². The van der Waals surface area contributed by atoms with Crippen molar-refractivity contribution in [1.82, 2.24) is 9.59 Å². The maximum Gasteiger partial charge on any atom is 0.101 e. The van der Waals surface area contributed by atoms with Gasteiger partial charge in [0.25, 0.3) is 0 Å². The molecule has 0 saturated heterocycles. The van der Waals surface area contributed by atoms with Crippen LogP contribution in [0.1, 0.15) is 30.8 Å². The molecule has 2 nitrogen and oxygen atoms in total. The van der Waals surface area contributed by atoms with Crippen LogP contribution >= 0.6 is 11.5 Å². The monoisotopic (exact) mass is 168 g/mol. The first kappa shape index (κ1) is 8.40. The Morgan fingerprint density at radius 2 is 2.27 bits per heavy atom. The topological polar surface area (TPSA) is 25.8 Å². The number of aromatic nitrogens is 2. The third-order valence-electron chi connectivity index (χ3n) is 1.40. The first-order valence-electron chi connectivity index (χ1n) is 3.94. The van der Waals surface area contributed by atoms with E-state index in [4.69, 9.17) is 0 Å². The molecule has 0 aromatic carbocycles. The van der Waals surface area contributed by atoms with Crippen LogP contribution < -0.4 is 0 Å². The van der Waals surface area contributed by atoms with Crippen molar-refractivity contribution >= 4 is 17.6 Å². The van der Waals surface area contributed by atoms with Crippen LogP contribution in [-0.2, 0) is 6.42 Å². The Bertz CT molecular complexity index is 240. The van der Waals surface area contributed by atoms with Gasteiger partial charge in [-0.15, -0.1) is 5.10 Å². The predicted molar refractivity (Wildman–Crippen MR) is 48.6 cm³/mol. The van der Waals surface area contributed by atoms with Crippen LogP contribution in [0.25, 0.3) is 6.08 Å². The third-order valence-corrected chi connectivity index (χ3v) is 2.20. The molecule has 1 aliphatic rings. The quantitative estimate of drug-likeness (QED) is 0.595. The molecule has 0 unspecified atom stereocenters. The van der Waals surface area contributed by atoms with Crippen LogP contribution in [-0.4, -0.2) is 9.59 Å². The summed E-state index contributed by atoms with van der Waals surface area (Å²) in [6.45, 7) is 4.00. The first-order chi connectivity index (χ1) is 5.47. The summed E-state index contributed by atoms with van der Waals surface area (Å²) in [7, 11) is 0. The Morgan fingerprint density at radius 3 is 3.00 bits per heavy atom. The number of fused-ring (bicyclic) bond motifs is 1. The van der Waals surface area contributed by atoms with Crippen molar-refractivity contribution in [3.63, 3.8) is 0 Å². The van der Waals surface area contributed by atoms with E-state index < -0.39 is 0 Å². The minimum Gasteiger partial charge on any atom is -0.138 e. The van der Waals surface area contributed by atoms with Crippen molar-refractivity contribution < 1.29 is 0 Å². The second-order valence-electron chi connectivity index (χ2n) is 2.02. The molecule has 1 aliphatic carbocycles. The summed E-state index contributed by atoms with van der Waals surface area (Å²) in [4.78, 5) is 1.33. The molecule has 60 valence electrons. The molecule has 0 saturated carbocycles. The van der Waals surface area contributed by atoms with Gasteiger partial charge in [-0.3, -0.25) is 0 Å². The highest BCUT2D eigenvalue weighted by Gasteiger charge is 2.06. The molecular formula is C8H12N2S. The molecule has 0 fully saturated rings. The van der Waals surface area contributed by atoms with Gasteiger partial charge in [-0.05, 0) is 30.5 Å². The van der Waals surface area contributed by atoms with Crippen LogP contribution in [0.4, 0.5) is 0 Å². The number of allylic oxidation sites excluding steroid dienone is 1. The summed E-state index contributed by atoms with van der Waals surface area (Å²) in [6, 6.07) is 0. The van der Waals surface area contributed by atoms with Crippen LogP contribution in [0.3, 0.4) is 0 Å². The van der Waals surface area contributed by atoms with E-state index in [0.29, 0.717) is 0 Å². The molecule has 11 heavy (non-hydrogen) atoms. The lowest BCUT2D eigenvalue weighted by Gasteiger charge is -1.97. The van der Waals surface area contributed by atoms with E-state index in [-0.39, 0.29) is 0 Å². The Balaban J connectivity index is 0.000000281. The van der Waals surface area contributed by atoms with Gasteiger partial charge >= 0.3 is 0 Å². The molecule has 0 radical (unpaired) electrons. The number of nitrogens with zero attached hydrogens (tertiary/aromatic N) is 2. The van der Waals surface area contributed by atoms with Gasteiger partial charge in [-0.1, -0.05) is 24.4 Å². The van der Waals surface area contributed by atoms with Crippen molar-refractivity contribution in [2.24, 2.45) is 0 Å². The second kappa shape index (κ2) is 4.23. The third kappa shape index (κ3) is 1.87. The zero-order chi connectivity index (χ0) is 8.10. The first-order valence-corrected chi connectivity index (χ1v) is 4.72. The lowest BCUT2D eigenvalue weighted by molar-refractivity contribution is 0.991. The SMILES string of the molecule is C1=Cc2nnsc2CC1.CC. The fourth-order valence-electron chi connectivity index (χ4n) is 0.926. The average Bonchev–Trinajstić information content (AvgIpc) is 2.55. The molecule has 2 rings (SSSR count). The summed E-state index contributed by atoms with van der Waals surface area (Å²) < 4.78 is 3.84. The summed E-state index contributed by atoms with van der Waals surface area (Å²) in [5.41, 5.74) is 1.08. The highest BCUT2D eigenvalue weighted by atomic mass is 32.1. The Labute approximate surface area is 71.1 Å². The van der Waals surface area contributed by atoms with Gasteiger partial charge in [-0.2, -0.15) is 0 Å². The van der Waals surface area contributed by atoms with Crippen LogP contribution in [0, 0.1) is 0 Å². The fraction of sp³-hybridized carbons (Fsp3) is 0.500. The molecule has 0 bridgehead atoms. The van der Waals surface area contributed by atoms with Gasteiger partial charge in [0.1, 0.15) is 5.69 Å². The van der Waals surface area contributed by atoms with Gasteiger partial charge in [0.05, 0.1) is 4.88 Å². The van der Waals surface area contributed by atoms with Gasteiger partial charge < -0.3 is 0 Å². The summed E-state index contributed by atoms with van der Waals surface area (Å²) >= 11 is 1.51. The fourth-order valence-corrected chi connectivity index (χ4v) is 1.56. The predicted octanol–water partition coefficient (Wildman–Crippen LogP) is 2.52. The van der Waals surface area contributed by atoms with Gasteiger partial charge in [0, 0.05) is 0 Å². The van der Waals surface area contributed by atoms with Gasteiger partial charge in [0.15, 0.2) is 0 Å². The number of aryl methyl sites for hydroxylation is 1. The van der Waals surface area contributed by atoms with Crippen molar-refractivity contribution in [2.45, 2.75) is 26.7 Å². The smallest absolute Gasteiger partial charge is 0.101 e. The highest BCUT2D eigenvalue weighted by molar-refractivity contribution is 7.05. The van der Waals surface area contributed by atoms with E-state index in [9.17, 15) is 0 Å². The maximum absolute atomic E-state index is 3.94. The Kier molecular flexibility index (Phi) is 3.23. The van der Waals surface area contributed by atoms with Crippen molar-refractivity contribution in [3.05, 3.63) is 16.6 Å². The van der Waals surface area contributed by atoms with Crippen LogP contribution in [0.15, 0.2) is 6.08 Å². The summed E-state index contributed by atoms with van der Waals surface area (Å²) in [5, 5.41) is 3.94. The largest absolute Gasteiger partial charge is 0.138 e. The van der Waals surface area contributed by atoms with E-state index >= 15 is 0 Å². The molecule has 1 aromatic heterocycles. The number of hydrogen-bond acceptors (Lipinski definition) is 3. The molecule has 0 amide bonds. The van der Waals surface area contributed by atoms with Crippen molar-refractivity contribution in [3.8, 4) is 0 Å². The highest BCUT2D eigenvalue weighted by Crippen LogP contribution is 2.18. The Morgan fingerprint density at radius 1 is 1.45 bits per heavy atom. The van der Waals surface area contributed by atoms with E-state index in [1.54, 1.807) is 0 Å². The van der Waals surface area contributed by atoms with E-state index in [1.807, 2.05) is 19.9 Å². The van der Waals surface area contributed by atoms with E-state index in [0.717, 1.165) is 18.5 Å². The molecule has 3 heteroatoms.